The van der Waals surface area contributed by atoms with Crippen molar-refractivity contribution in [1.82, 2.24) is 4.98 Å². The second-order valence-corrected chi connectivity index (χ2v) is 5.61. The molecule has 1 heterocycles. The smallest absolute Gasteiger partial charge is 0.262 e. The van der Waals surface area contributed by atoms with Crippen LogP contribution in [0.1, 0.15) is 5.56 Å². The predicted octanol–water partition coefficient (Wildman–Crippen LogP) is 2.41. The van der Waals surface area contributed by atoms with Gasteiger partial charge >= 0.3 is 0 Å². The van der Waals surface area contributed by atoms with Crippen LogP contribution >= 0.6 is 11.6 Å². The summed E-state index contributed by atoms with van der Waals surface area (Å²) in [6, 6.07) is 10.8. The monoisotopic (exact) mass is 293 g/mol. The van der Waals surface area contributed by atoms with Crippen LogP contribution in [-0.2, 0) is 10.0 Å². The normalized spacial score (nSPS) is 10.7. The van der Waals surface area contributed by atoms with Gasteiger partial charge in [-0.3, -0.25) is 4.72 Å². The second-order valence-electron chi connectivity index (χ2n) is 3.55. The third kappa shape index (κ3) is 2.84. The summed E-state index contributed by atoms with van der Waals surface area (Å²) in [4.78, 5) is 3.73. The van der Waals surface area contributed by atoms with Crippen molar-refractivity contribution < 1.29 is 8.42 Å². The molecule has 1 aromatic carbocycles. The van der Waals surface area contributed by atoms with Gasteiger partial charge in [-0.15, -0.1) is 0 Å². The minimum absolute atomic E-state index is 0.0249. The molecule has 0 aliphatic carbocycles. The first-order valence-electron chi connectivity index (χ1n) is 5.17. The highest BCUT2D eigenvalue weighted by Crippen LogP contribution is 2.22. The van der Waals surface area contributed by atoms with Crippen LogP contribution in [0.15, 0.2) is 47.5 Å². The molecule has 1 N–H and O–H groups in total. The molecule has 0 atom stereocenters. The van der Waals surface area contributed by atoms with Crippen LogP contribution in [0.4, 0.5) is 5.82 Å². The van der Waals surface area contributed by atoms with Crippen molar-refractivity contribution in [2.75, 3.05) is 4.72 Å². The highest BCUT2D eigenvalue weighted by atomic mass is 35.5. The summed E-state index contributed by atoms with van der Waals surface area (Å²) >= 11 is 5.84. The highest BCUT2D eigenvalue weighted by Gasteiger charge is 2.19. The minimum Gasteiger partial charge on any atom is -0.262 e. The van der Waals surface area contributed by atoms with Crippen molar-refractivity contribution in [3.05, 3.63) is 53.2 Å². The van der Waals surface area contributed by atoms with E-state index in [0.29, 0.717) is 0 Å². The van der Waals surface area contributed by atoms with E-state index < -0.39 is 10.0 Å². The molecule has 0 bridgehead atoms. The zero-order valence-electron chi connectivity index (χ0n) is 9.54. The summed E-state index contributed by atoms with van der Waals surface area (Å²) in [6.45, 7) is 0. The molecule has 19 heavy (non-hydrogen) atoms. The van der Waals surface area contributed by atoms with Gasteiger partial charge in [-0.1, -0.05) is 23.7 Å². The maximum atomic E-state index is 12.2. The van der Waals surface area contributed by atoms with E-state index in [1.807, 2.05) is 6.07 Å². The van der Waals surface area contributed by atoms with Crippen LogP contribution in [0.3, 0.4) is 0 Å². The van der Waals surface area contributed by atoms with Crippen LogP contribution in [0.2, 0.25) is 5.02 Å². The molecule has 0 radical (unpaired) electrons. The van der Waals surface area contributed by atoms with Gasteiger partial charge in [0.25, 0.3) is 10.0 Å². The SMILES string of the molecule is N#Cc1ccccc1S(=O)(=O)Nc1ncccc1Cl. The van der Waals surface area contributed by atoms with Crippen molar-refractivity contribution in [3.8, 4) is 6.07 Å². The fourth-order valence-corrected chi connectivity index (χ4v) is 2.85. The number of anilines is 1. The van der Waals surface area contributed by atoms with Gasteiger partial charge in [-0.25, -0.2) is 13.4 Å². The molecule has 96 valence electrons. The lowest BCUT2D eigenvalue weighted by Gasteiger charge is -2.09. The van der Waals surface area contributed by atoms with Crippen LogP contribution in [0, 0.1) is 11.3 Å². The standard InChI is InChI=1S/C12H8ClN3O2S/c13-10-5-3-7-15-12(10)16-19(17,18)11-6-2-1-4-9(11)8-14/h1-7H,(H,15,16). The number of hydrogen-bond donors (Lipinski definition) is 1. The van der Waals surface area contributed by atoms with Crippen molar-refractivity contribution in [2.45, 2.75) is 4.90 Å². The Labute approximate surface area is 115 Å². The topological polar surface area (TPSA) is 82.8 Å². The molecule has 7 heteroatoms. The van der Waals surface area contributed by atoms with Crippen LogP contribution in [0.25, 0.3) is 0 Å². The fourth-order valence-electron chi connectivity index (χ4n) is 1.44. The third-order valence-corrected chi connectivity index (χ3v) is 3.99. The van der Waals surface area contributed by atoms with Gasteiger partial charge in [0.2, 0.25) is 0 Å². The zero-order chi connectivity index (χ0) is 13.9. The Bertz CT molecular complexity index is 754. The second kappa shape index (κ2) is 5.26. The molecule has 2 rings (SSSR count). The third-order valence-electron chi connectivity index (χ3n) is 2.29. The van der Waals surface area contributed by atoms with Gasteiger partial charge in [0.15, 0.2) is 5.82 Å². The van der Waals surface area contributed by atoms with E-state index in [1.54, 1.807) is 12.1 Å². The number of nitrogens with one attached hydrogen (secondary N) is 1. The van der Waals surface area contributed by atoms with Gasteiger partial charge in [0, 0.05) is 6.20 Å². The summed E-state index contributed by atoms with van der Waals surface area (Å²) < 4.78 is 26.6. The van der Waals surface area contributed by atoms with Crippen molar-refractivity contribution in [1.29, 1.82) is 5.26 Å². The van der Waals surface area contributed by atoms with Crippen LogP contribution in [0.5, 0.6) is 0 Å². The van der Waals surface area contributed by atoms with Crippen molar-refractivity contribution in [3.63, 3.8) is 0 Å². The molecule has 2 aromatic rings. The van der Waals surface area contributed by atoms with Crippen LogP contribution in [-0.4, -0.2) is 13.4 Å². The minimum atomic E-state index is -3.90. The van der Waals surface area contributed by atoms with Gasteiger partial charge in [-0.05, 0) is 24.3 Å². The first-order valence-corrected chi connectivity index (χ1v) is 7.03. The summed E-state index contributed by atoms with van der Waals surface area (Å²) in [6.07, 6.45) is 1.42. The molecular weight excluding hydrogens is 286 g/mol. The summed E-state index contributed by atoms with van der Waals surface area (Å²) in [5.74, 6) is 0.0249. The Morgan fingerprint density at radius 3 is 2.63 bits per heavy atom. The van der Waals surface area contributed by atoms with Gasteiger partial charge in [-0.2, -0.15) is 5.26 Å². The highest BCUT2D eigenvalue weighted by molar-refractivity contribution is 7.92. The average Bonchev–Trinajstić information content (AvgIpc) is 2.41. The van der Waals surface area contributed by atoms with E-state index in [9.17, 15) is 8.42 Å². The molecule has 0 aliphatic rings. The Hall–Kier alpha value is -2.10. The van der Waals surface area contributed by atoms with E-state index in [2.05, 4.69) is 9.71 Å². The number of benzene rings is 1. The molecule has 0 amide bonds. The Kier molecular flexibility index (Phi) is 3.69. The maximum Gasteiger partial charge on any atom is 0.264 e. The van der Waals surface area contributed by atoms with Crippen LogP contribution < -0.4 is 4.72 Å². The quantitative estimate of drug-likeness (QED) is 0.942. The lowest BCUT2D eigenvalue weighted by atomic mass is 10.2. The number of rotatable bonds is 3. The van der Waals surface area contributed by atoms with E-state index in [4.69, 9.17) is 16.9 Å². The van der Waals surface area contributed by atoms with E-state index in [1.165, 1.54) is 30.5 Å². The first-order chi connectivity index (χ1) is 9.04. The maximum absolute atomic E-state index is 12.2. The summed E-state index contributed by atoms with van der Waals surface area (Å²) in [5, 5.41) is 9.10. The fraction of sp³-hybridized carbons (Fsp3) is 0. The molecular formula is C12H8ClN3O2S. The molecule has 1 aromatic heterocycles. The van der Waals surface area contributed by atoms with Gasteiger partial charge < -0.3 is 0 Å². The van der Waals surface area contributed by atoms with Gasteiger partial charge in [0.1, 0.15) is 11.0 Å². The lowest BCUT2D eigenvalue weighted by Crippen LogP contribution is -2.15. The first kappa shape index (κ1) is 13.3. The van der Waals surface area contributed by atoms with Gasteiger partial charge in [0.05, 0.1) is 10.6 Å². The Balaban J connectivity index is 2.45. The molecule has 0 saturated carbocycles. The molecule has 0 saturated heterocycles. The summed E-state index contributed by atoms with van der Waals surface area (Å²) in [5.41, 5.74) is 0.0575. The molecule has 0 unspecified atom stereocenters. The van der Waals surface area contributed by atoms with E-state index in [-0.39, 0.29) is 21.3 Å². The predicted molar refractivity (Wildman–Crippen MR) is 71.2 cm³/mol. The number of halogens is 1. The van der Waals surface area contributed by atoms with E-state index >= 15 is 0 Å². The van der Waals surface area contributed by atoms with E-state index in [0.717, 1.165) is 0 Å². The average molecular weight is 294 g/mol. The van der Waals surface area contributed by atoms with Crippen molar-refractivity contribution in [2.24, 2.45) is 0 Å². The number of nitrogens with zero attached hydrogens (tertiary/aromatic N) is 2. The summed E-state index contributed by atoms with van der Waals surface area (Å²) in [7, 11) is -3.90. The number of hydrogen-bond acceptors (Lipinski definition) is 4. The Morgan fingerprint density at radius 2 is 1.95 bits per heavy atom. The number of pyridine rings is 1. The molecule has 5 nitrogen and oxygen atoms in total. The number of sulfonamides is 1. The number of aromatic nitrogens is 1. The molecule has 0 spiro atoms. The molecule has 0 aliphatic heterocycles. The van der Waals surface area contributed by atoms with Crippen molar-refractivity contribution >= 4 is 27.4 Å². The lowest BCUT2D eigenvalue weighted by molar-refractivity contribution is 0.601. The largest absolute Gasteiger partial charge is 0.264 e. The molecule has 0 fully saturated rings. The Morgan fingerprint density at radius 1 is 1.21 bits per heavy atom. The zero-order valence-corrected chi connectivity index (χ0v) is 11.1. The number of nitriles is 1.